The van der Waals surface area contributed by atoms with Gasteiger partial charge in [0.2, 0.25) is 0 Å². The summed E-state index contributed by atoms with van der Waals surface area (Å²) in [4.78, 5) is 13.2. The van der Waals surface area contributed by atoms with E-state index in [0.717, 1.165) is 19.5 Å². The Balaban J connectivity index is 3.95. The van der Waals surface area contributed by atoms with Crippen molar-refractivity contribution >= 4 is 6.03 Å². The molecule has 0 aromatic heterocycles. The van der Waals surface area contributed by atoms with Crippen LogP contribution in [0.2, 0.25) is 0 Å². The summed E-state index contributed by atoms with van der Waals surface area (Å²) in [5.74, 6) is 0. The molecule has 13 heavy (non-hydrogen) atoms. The minimum Gasteiger partial charge on any atom is -0.334 e. The molecule has 0 aromatic rings. The molecule has 0 aromatic carbocycles. The van der Waals surface area contributed by atoms with Gasteiger partial charge in [0.1, 0.15) is 0 Å². The van der Waals surface area contributed by atoms with Crippen molar-refractivity contribution in [2.75, 3.05) is 19.6 Å². The Labute approximate surface area is 80.5 Å². The molecule has 0 aliphatic rings. The Hall–Kier alpha value is -0.770. The average Bonchev–Trinajstić information content (AvgIpc) is 2.16. The van der Waals surface area contributed by atoms with Crippen LogP contribution in [0.3, 0.4) is 0 Å². The number of rotatable bonds is 5. The van der Waals surface area contributed by atoms with Crippen LogP contribution in [0.15, 0.2) is 0 Å². The lowest BCUT2D eigenvalue weighted by molar-refractivity contribution is 0.199. The van der Waals surface area contributed by atoms with E-state index in [-0.39, 0.29) is 12.1 Å². The molecule has 0 aliphatic heterocycles. The number of nitrogens with zero attached hydrogens (tertiary/aromatic N) is 1. The summed E-state index contributed by atoms with van der Waals surface area (Å²) in [6.45, 7) is 7.93. The van der Waals surface area contributed by atoms with Crippen molar-refractivity contribution in [3.63, 3.8) is 0 Å². The number of carbonyl (C=O) groups excluding carboxylic acids is 1. The van der Waals surface area contributed by atoms with Gasteiger partial charge in [-0.25, -0.2) is 4.79 Å². The number of carbonyl (C=O) groups is 1. The Morgan fingerprint density at radius 2 is 1.92 bits per heavy atom. The zero-order valence-corrected chi connectivity index (χ0v) is 8.84. The van der Waals surface area contributed by atoms with Crippen LogP contribution in [0.25, 0.3) is 0 Å². The lowest BCUT2D eigenvalue weighted by Gasteiger charge is -2.23. The van der Waals surface area contributed by atoms with Crippen LogP contribution < -0.4 is 11.1 Å². The van der Waals surface area contributed by atoms with Gasteiger partial charge in [0.05, 0.1) is 0 Å². The molecule has 0 bridgehead atoms. The van der Waals surface area contributed by atoms with Crippen LogP contribution in [-0.2, 0) is 0 Å². The largest absolute Gasteiger partial charge is 0.334 e. The predicted molar refractivity (Wildman–Crippen MR) is 54.6 cm³/mol. The van der Waals surface area contributed by atoms with E-state index in [1.54, 1.807) is 4.90 Å². The first-order valence-electron chi connectivity index (χ1n) is 4.94. The fraction of sp³-hybridized carbons (Fsp3) is 0.889. The third-order valence-corrected chi connectivity index (χ3v) is 2.16. The van der Waals surface area contributed by atoms with E-state index in [2.05, 4.69) is 5.32 Å². The normalized spacial score (nSPS) is 12.3. The van der Waals surface area contributed by atoms with Crippen LogP contribution in [-0.4, -0.2) is 36.6 Å². The monoisotopic (exact) mass is 187 g/mol. The van der Waals surface area contributed by atoms with Crippen LogP contribution in [0.5, 0.6) is 0 Å². The Kier molecular flexibility index (Phi) is 6.32. The van der Waals surface area contributed by atoms with Gasteiger partial charge >= 0.3 is 6.03 Å². The van der Waals surface area contributed by atoms with E-state index in [1.807, 2.05) is 20.8 Å². The van der Waals surface area contributed by atoms with E-state index in [1.165, 1.54) is 0 Å². The van der Waals surface area contributed by atoms with E-state index in [0.29, 0.717) is 6.54 Å². The fourth-order valence-electron chi connectivity index (χ4n) is 1.10. The molecular formula is C9H21N3O. The molecule has 0 heterocycles. The smallest absolute Gasteiger partial charge is 0.317 e. The van der Waals surface area contributed by atoms with E-state index >= 15 is 0 Å². The van der Waals surface area contributed by atoms with Crippen molar-refractivity contribution < 1.29 is 4.79 Å². The number of nitrogens with one attached hydrogen (secondary N) is 1. The minimum absolute atomic E-state index is 0.0118. The Morgan fingerprint density at radius 3 is 2.23 bits per heavy atom. The number of hydrogen-bond acceptors (Lipinski definition) is 2. The molecule has 1 atom stereocenters. The van der Waals surface area contributed by atoms with Gasteiger partial charge in [0, 0.05) is 25.7 Å². The average molecular weight is 187 g/mol. The molecule has 3 N–H and O–H groups in total. The predicted octanol–water partition coefficient (Wildman–Crippen LogP) is 0.775. The molecule has 0 saturated heterocycles. The highest BCUT2D eigenvalue weighted by Gasteiger charge is 2.12. The molecule has 0 fully saturated rings. The zero-order valence-electron chi connectivity index (χ0n) is 8.84. The standard InChI is InChI=1S/C9H21N3O/c1-4-8(7-10)11-9(13)12(5-2)6-3/h8H,4-7,10H2,1-3H3,(H,11,13). The first-order valence-corrected chi connectivity index (χ1v) is 4.94. The van der Waals surface area contributed by atoms with Crippen molar-refractivity contribution in [1.29, 1.82) is 0 Å². The maximum absolute atomic E-state index is 11.5. The summed E-state index contributed by atoms with van der Waals surface area (Å²) in [5, 5.41) is 2.88. The van der Waals surface area contributed by atoms with Gasteiger partial charge in [0.15, 0.2) is 0 Å². The summed E-state index contributed by atoms with van der Waals surface area (Å²) in [5.41, 5.74) is 5.48. The number of urea groups is 1. The second-order valence-corrected chi connectivity index (χ2v) is 2.96. The van der Waals surface area contributed by atoms with Crippen molar-refractivity contribution in [1.82, 2.24) is 10.2 Å². The minimum atomic E-state index is -0.0118. The molecular weight excluding hydrogens is 166 g/mol. The lowest BCUT2D eigenvalue weighted by Crippen LogP contribution is -2.47. The van der Waals surface area contributed by atoms with Crippen LogP contribution in [0, 0.1) is 0 Å². The summed E-state index contributed by atoms with van der Waals surface area (Å²) in [6, 6.07) is 0.0930. The van der Waals surface area contributed by atoms with Gasteiger partial charge in [0.25, 0.3) is 0 Å². The zero-order chi connectivity index (χ0) is 10.3. The summed E-state index contributed by atoms with van der Waals surface area (Å²) in [6.07, 6.45) is 0.878. The molecule has 1 unspecified atom stereocenters. The summed E-state index contributed by atoms with van der Waals surface area (Å²) in [7, 11) is 0. The van der Waals surface area contributed by atoms with Crippen LogP contribution in [0.4, 0.5) is 4.79 Å². The van der Waals surface area contributed by atoms with Gasteiger partial charge < -0.3 is 16.0 Å². The number of hydrogen-bond donors (Lipinski definition) is 2. The van der Waals surface area contributed by atoms with Gasteiger partial charge in [-0.1, -0.05) is 6.92 Å². The Morgan fingerprint density at radius 1 is 1.38 bits per heavy atom. The number of amides is 2. The highest BCUT2D eigenvalue weighted by atomic mass is 16.2. The third kappa shape index (κ3) is 4.12. The van der Waals surface area contributed by atoms with E-state index in [4.69, 9.17) is 5.73 Å². The molecule has 0 spiro atoms. The second-order valence-electron chi connectivity index (χ2n) is 2.96. The third-order valence-electron chi connectivity index (χ3n) is 2.16. The lowest BCUT2D eigenvalue weighted by atomic mass is 10.2. The van der Waals surface area contributed by atoms with Crippen molar-refractivity contribution in [3.8, 4) is 0 Å². The van der Waals surface area contributed by atoms with E-state index in [9.17, 15) is 4.79 Å². The topological polar surface area (TPSA) is 58.4 Å². The maximum Gasteiger partial charge on any atom is 0.317 e. The molecule has 4 heteroatoms. The highest BCUT2D eigenvalue weighted by molar-refractivity contribution is 5.74. The van der Waals surface area contributed by atoms with Crippen molar-refractivity contribution in [2.45, 2.75) is 33.2 Å². The SMILES string of the molecule is CCC(CN)NC(=O)N(CC)CC. The van der Waals surface area contributed by atoms with E-state index < -0.39 is 0 Å². The van der Waals surface area contributed by atoms with Gasteiger partial charge in [-0.3, -0.25) is 0 Å². The van der Waals surface area contributed by atoms with Gasteiger partial charge in [-0.05, 0) is 20.3 Å². The molecule has 4 nitrogen and oxygen atoms in total. The Bertz CT molecular complexity index is 142. The molecule has 0 radical (unpaired) electrons. The molecule has 0 saturated carbocycles. The van der Waals surface area contributed by atoms with Crippen molar-refractivity contribution in [2.24, 2.45) is 5.73 Å². The summed E-state index contributed by atoms with van der Waals surface area (Å²) >= 11 is 0. The van der Waals surface area contributed by atoms with Crippen LogP contribution >= 0.6 is 0 Å². The van der Waals surface area contributed by atoms with Gasteiger partial charge in [-0.2, -0.15) is 0 Å². The van der Waals surface area contributed by atoms with Gasteiger partial charge in [-0.15, -0.1) is 0 Å². The maximum atomic E-state index is 11.5. The molecule has 0 rings (SSSR count). The first-order chi connectivity index (χ1) is 6.19. The van der Waals surface area contributed by atoms with Crippen LogP contribution in [0.1, 0.15) is 27.2 Å². The fourth-order valence-corrected chi connectivity index (χ4v) is 1.10. The quantitative estimate of drug-likeness (QED) is 0.668. The molecule has 0 aliphatic carbocycles. The first kappa shape index (κ1) is 12.2. The number of nitrogens with two attached hydrogens (primary N) is 1. The highest BCUT2D eigenvalue weighted by Crippen LogP contribution is 1.92. The second kappa shape index (κ2) is 6.71. The molecule has 2 amide bonds. The van der Waals surface area contributed by atoms with Crippen molar-refractivity contribution in [3.05, 3.63) is 0 Å². The summed E-state index contributed by atoms with van der Waals surface area (Å²) < 4.78 is 0. The molecule has 78 valence electrons.